The van der Waals surface area contributed by atoms with E-state index in [9.17, 15) is 9.90 Å². The quantitative estimate of drug-likeness (QED) is 0.412. The molecule has 0 spiro atoms. The predicted molar refractivity (Wildman–Crippen MR) is 118 cm³/mol. The molecule has 2 aromatic heterocycles. The van der Waals surface area contributed by atoms with Gasteiger partial charge in [-0.25, -0.2) is 4.79 Å². The van der Waals surface area contributed by atoms with Crippen molar-refractivity contribution in [1.82, 2.24) is 5.32 Å². The Morgan fingerprint density at radius 1 is 1.03 bits per heavy atom. The fourth-order valence-electron chi connectivity index (χ4n) is 3.49. The van der Waals surface area contributed by atoms with E-state index in [4.69, 9.17) is 4.42 Å². The first kappa shape index (κ1) is 19.4. The SMILES string of the molecule is CC(C)c1ccc([C@@H](NCc2cc(=O)oc3cc(O)ccc23)c2cccs2)cc1. The van der Waals surface area contributed by atoms with E-state index in [0.29, 0.717) is 18.0 Å². The first-order valence-electron chi connectivity index (χ1n) is 9.63. The van der Waals surface area contributed by atoms with Gasteiger partial charge in [0.1, 0.15) is 11.3 Å². The van der Waals surface area contributed by atoms with Crippen LogP contribution in [0.3, 0.4) is 0 Å². The molecule has 0 aliphatic carbocycles. The highest BCUT2D eigenvalue weighted by Gasteiger charge is 2.16. The van der Waals surface area contributed by atoms with Crippen LogP contribution in [-0.4, -0.2) is 5.11 Å². The molecule has 0 fully saturated rings. The van der Waals surface area contributed by atoms with Crippen LogP contribution in [0.15, 0.2) is 75.3 Å². The molecule has 0 amide bonds. The molecular formula is C24H23NO3S. The van der Waals surface area contributed by atoms with Crippen LogP contribution in [0.1, 0.15) is 47.4 Å². The molecule has 29 heavy (non-hydrogen) atoms. The lowest BCUT2D eigenvalue weighted by Gasteiger charge is -2.19. The number of nitrogens with one attached hydrogen (secondary N) is 1. The number of rotatable bonds is 6. The summed E-state index contributed by atoms with van der Waals surface area (Å²) in [6.07, 6.45) is 0. The fourth-order valence-corrected chi connectivity index (χ4v) is 4.32. The van der Waals surface area contributed by atoms with Crippen LogP contribution in [0.2, 0.25) is 0 Å². The molecule has 5 heteroatoms. The van der Waals surface area contributed by atoms with Gasteiger partial charge < -0.3 is 14.8 Å². The highest BCUT2D eigenvalue weighted by molar-refractivity contribution is 7.10. The van der Waals surface area contributed by atoms with Crippen molar-refractivity contribution in [1.29, 1.82) is 0 Å². The zero-order valence-corrected chi connectivity index (χ0v) is 17.2. The molecular weight excluding hydrogens is 382 g/mol. The molecule has 4 rings (SSSR count). The molecule has 148 valence electrons. The lowest BCUT2D eigenvalue weighted by molar-refractivity contribution is 0.473. The molecule has 2 N–H and O–H groups in total. The largest absolute Gasteiger partial charge is 0.508 e. The summed E-state index contributed by atoms with van der Waals surface area (Å²) in [4.78, 5) is 13.2. The Morgan fingerprint density at radius 3 is 2.48 bits per heavy atom. The van der Waals surface area contributed by atoms with Crippen LogP contribution < -0.4 is 10.9 Å². The van der Waals surface area contributed by atoms with E-state index >= 15 is 0 Å². The first-order chi connectivity index (χ1) is 14.0. The summed E-state index contributed by atoms with van der Waals surface area (Å²) in [7, 11) is 0. The highest BCUT2D eigenvalue weighted by atomic mass is 32.1. The highest BCUT2D eigenvalue weighted by Crippen LogP contribution is 2.29. The molecule has 4 aromatic rings. The number of phenols is 1. The van der Waals surface area contributed by atoms with E-state index in [0.717, 1.165) is 10.9 Å². The van der Waals surface area contributed by atoms with Crippen molar-refractivity contribution in [3.05, 3.63) is 98.0 Å². The Balaban J connectivity index is 1.66. The zero-order chi connectivity index (χ0) is 20.4. The minimum atomic E-state index is -0.422. The summed E-state index contributed by atoms with van der Waals surface area (Å²) in [6, 6.07) is 19.3. The fraction of sp³-hybridized carbons (Fsp3) is 0.208. The summed E-state index contributed by atoms with van der Waals surface area (Å²) >= 11 is 1.70. The molecule has 0 bridgehead atoms. The Kier molecular flexibility index (Phi) is 5.51. The van der Waals surface area contributed by atoms with E-state index in [2.05, 4.69) is 54.9 Å². The number of phenolic OH excluding ortho intramolecular Hbond substituents is 1. The third-order valence-electron chi connectivity index (χ3n) is 5.07. The van der Waals surface area contributed by atoms with E-state index in [1.54, 1.807) is 23.5 Å². The number of fused-ring (bicyclic) bond motifs is 1. The van der Waals surface area contributed by atoms with Crippen molar-refractivity contribution in [2.24, 2.45) is 0 Å². The van der Waals surface area contributed by atoms with Gasteiger partial charge in [-0.1, -0.05) is 44.2 Å². The first-order valence-corrected chi connectivity index (χ1v) is 10.5. The van der Waals surface area contributed by atoms with Crippen LogP contribution in [0, 0.1) is 0 Å². The Labute approximate surface area is 173 Å². The molecule has 2 aromatic carbocycles. The molecule has 0 unspecified atom stereocenters. The van der Waals surface area contributed by atoms with Gasteiger partial charge in [0, 0.05) is 28.9 Å². The van der Waals surface area contributed by atoms with Gasteiger partial charge in [0.25, 0.3) is 0 Å². The monoisotopic (exact) mass is 405 g/mol. The number of hydrogen-bond acceptors (Lipinski definition) is 5. The Morgan fingerprint density at radius 2 is 1.79 bits per heavy atom. The van der Waals surface area contributed by atoms with Gasteiger partial charge >= 0.3 is 5.63 Å². The van der Waals surface area contributed by atoms with Crippen molar-refractivity contribution >= 4 is 22.3 Å². The third kappa shape index (κ3) is 4.26. The van der Waals surface area contributed by atoms with Gasteiger partial charge in [0.05, 0.1) is 6.04 Å². The van der Waals surface area contributed by atoms with E-state index in [-0.39, 0.29) is 11.8 Å². The standard InChI is InChI=1S/C24H23NO3S/c1-15(2)16-5-7-17(8-6-16)24(22-4-3-11-29-22)25-14-18-12-23(27)28-21-13-19(26)9-10-20(18)21/h3-13,15,24-26H,14H2,1-2H3/t24-/m1/s1. The summed E-state index contributed by atoms with van der Waals surface area (Å²) < 4.78 is 5.24. The molecule has 4 nitrogen and oxygen atoms in total. The average molecular weight is 406 g/mol. The van der Waals surface area contributed by atoms with E-state index in [1.807, 2.05) is 6.07 Å². The van der Waals surface area contributed by atoms with Crippen molar-refractivity contribution in [3.8, 4) is 5.75 Å². The number of aromatic hydroxyl groups is 1. The van der Waals surface area contributed by atoms with Crippen molar-refractivity contribution in [2.75, 3.05) is 0 Å². The van der Waals surface area contributed by atoms with E-state index in [1.165, 1.54) is 28.1 Å². The lowest BCUT2D eigenvalue weighted by Crippen LogP contribution is -2.22. The topological polar surface area (TPSA) is 62.5 Å². The summed E-state index contributed by atoms with van der Waals surface area (Å²) in [5.74, 6) is 0.566. The predicted octanol–water partition coefficient (Wildman–Crippen LogP) is 5.56. The Bertz CT molecular complexity index is 1160. The summed E-state index contributed by atoms with van der Waals surface area (Å²) in [5.41, 5.74) is 3.31. The second-order valence-electron chi connectivity index (χ2n) is 7.42. The van der Waals surface area contributed by atoms with Crippen molar-refractivity contribution in [2.45, 2.75) is 32.4 Å². The van der Waals surface area contributed by atoms with Crippen molar-refractivity contribution < 1.29 is 9.52 Å². The second-order valence-corrected chi connectivity index (χ2v) is 8.40. The van der Waals surface area contributed by atoms with Crippen molar-refractivity contribution in [3.63, 3.8) is 0 Å². The van der Waals surface area contributed by atoms with Crippen LogP contribution >= 0.6 is 11.3 Å². The van der Waals surface area contributed by atoms with E-state index < -0.39 is 5.63 Å². The van der Waals surface area contributed by atoms with Crippen LogP contribution in [0.5, 0.6) is 5.75 Å². The molecule has 0 saturated carbocycles. The average Bonchev–Trinajstić information content (AvgIpc) is 3.22. The molecule has 0 saturated heterocycles. The van der Waals surface area contributed by atoms with Crippen LogP contribution in [-0.2, 0) is 6.54 Å². The summed E-state index contributed by atoms with van der Waals surface area (Å²) in [6.45, 7) is 4.88. The summed E-state index contributed by atoms with van der Waals surface area (Å²) in [5, 5.41) is 16.2. The van der Waals surface area contributed by atoms with Gasteiger partial charge in [-0.2, -0.15) is 0 Å². The van der Waals surface area contributed by atoms with Crippen LogP contribution in [0.4, 0.5) is 0 Å². The van der Waals surface area contributed by atoms with Gasteiger partial charge in [-0.3, -0.25) is 0 Å². The number of hydrogen-bond donors (Lipinski definition) is 2. The Hall–Kier alpha value is -2.89. The third-order valence-corrected chi connectivity index (χ3v) is 6.01. The molecule has 1 atom stereocenters. The lowest BCUT2D eigenvalue weighted by atomic mass is 9.98. The zero-order valence-electron chi connectivity index (χ0n) is 16.4. The molecule has 0 aliphatic rings. The smallest absolute Gasteiger partial charge is 0.336 e. The van der Waals surface area contributed by atoms with Gasteiger partial charge in [0.2, 0.25) is 0 Å². The number of benzene rings is 2. The molecule has 0 aliphatic heterocycles. The van der Waals surface area contributed by atoms with Crippen LogP contribution in [0.25, 0.3) is 11.0 Å². The minimum Gasteiger partial charge on any atom is -0.508 e. The van der Waals surface area contributed by atoms with Gasteiger partial charge in [0.15, 0.2) is 0 Å². The minimum absolute atomic E-state index is 0.0237. The maximum atomic E-state index is 12.0. The maximum Gasteiger partial charge on any atom is 0.336 e. The molecule has 0 radical (unpaired) electrons. The molecule has 2 heterocycles. The normalized spacial score (nSPS) is 12.5. The maximum absolute atomic E-state index is 12.0. The number of thiophene rings is 1. The van der Waals surface area contributed by atoms with Gasteiger partial charge in [-0.15, -0.1) is 11.3 Å². The van der Waals surface area contributed by atoms with Gasteiger partial charge in [-0.05, 0) is 46.2 Å². The second kappa shape index (κ2) is 8.23.